The van der Waals surface area contributed by atoms with Crippen LogP contribution in [-0.2, 0) is 25.6 Å². The van der Waals surface area contributed by atoms with Crippen molar-refractivity contribution in [3.05, 3.63) is 63.6 Å². The topological polar surface area (TPSA) is 162 Å². The van der Waals surface area contributed by atoms with Crippen LogP contribution in [0.15, 0.2) is 42.5 Å². The molecule has 1 aliphatic carbocycles. The molecule has 2 aromatic rings. The van der Waals surface area contributed by atoms with E-state index in [1.807, 2.05) is 0 Å². The maximum absolute atomic E-state index is 13.2. The van der Waals surface area contributed by atoms with Crippen LogP contribution in [0.25, 0.3) is 0 Å². The molecule has 3 atom stereocenters. The summed E-state index contributed by atoms with van der Waals surface area (Å²) in [7, 11) is 0. The number of benzene rings is 2. The summed E-state index contributed by atoms with van der Waals surface area (Å²) in [5.41, 5.74) is -0.710. The van der Waals surface area contributed by atoms with Crippen molar-refractivity contribution in [2.24, 2.45) is 16.7 Å². The second-order valence-corrected chi connectivity index (χ2v) is 11.4. The van der Waals surface area contributed by atoms with E-state index < -0.39 is 59.0 Å². The summed E-state index contributed by atoms with van der Waals surface area (Å²) in [4.78, 5) is 61.5. The SMILES string of the molecule is CC1(C)[C@@H](C(=O)N[C@@H](Cc2ccc(NC(=O)c3c(Cl)cccc3Cl)cc2)C(=O)O)CC[C@@]1(C)C(=O)NCC(=O)O. The first-order valence-corrected chi connectivity index (χ1v) is 13.3. The number of carbonyl (C=O) groups is 5. The van der Waals surface area contributed by atoms with Crippen LogP contribution in [0.1, 0.15) is 49.5 Å². The molecule has 1 saturated carbocycles. The van der Waals surface area contributed by atoms with Crippen molar-refractivity contribution in [1.29, 1.82) is 0 Å². The van der Waals surface area contributed by atoms with Crippen LogP contribution in [0.4, 0.5) is 5.69 Å². The Morgan fingerprint density at radius 3 is 2.12 bits per heavy atom. The maximum Gasteiger partial charge on any atom is 0.326 e. The molecule has 0 unspecified atom stereocenters. The van der Waals surface area contributed by atoms with Gasteiger partial charge in [-0.3, -0.25) is 19.2 Å². The number of hydrogen-bond acceptors (Lipinski definition) is 5. The molecule has 3 rings (SSSR count). The van der Waals surface area contributed by atoms with Crippen molar-refractivity contribution in [3.63, 3.8) is 0 Å². The molecule has 0 radical (unpaired) electrons. The molecule has 10 nitrogen and oxygen atoms in total. The van der Waals surface area contributed by atoms with Gasteiger partial charge in [0.05, 0.1) is 21.0 Å². The zero-order valence-corrected chi connectivity index (χ0v) is 23.7. The standard InChI is InChI=1S/C28H31Cl2N3O7/c1-27(2)17(11-12-28(27,3)26(40)31-14-21(34)35)23(36)33-20(25(38)39)13-15-7-9-16(10-8-15)32-24(37)22-18(29)5-4-6-19(22)30/h4-10,17,20H,11-14H2,1-3H3,(H,31,40)(H,32,37)(H,33,36)(H,34,35)(H,38,39)/t17-,20+,28+/m1/s1. The molecule has 0 saturated heterocycles. The van der Waals surface area contributed by atoms with Gasteiger partial charge in [-0.2, -0.15) is 0 Å². The highest BCUT2D eigenvalue weighted by molar-refractivity contribution is 6.40. The average Bonchev–Trinajstić information content (AvgIpc) is 3.12. The number of aliphatic carboxylic acids is 2. The monoisotopic (exact) mass is 591 g/mol. The van der Waals surface area contributed by atoms with E-state index in [1.165, 1.54) is 0 Å². The Bertz CT molecular complexity index is 1310. The minimum absolute atomic E-state index is 0.0187. The lowest BCUT2D eigenvalue weighted by Crippen LogP contribution is -2.52. The molecular weight excluding hydrogens is 561 g/mol. The molecule has 0 aliphatic heterocycles. The first-order chi connectivity index (χ1) is 18.7. The Hall–Kier alpha value is -3.63. The van der Waals surface area contributed by atoms with E-state index in [1.54, 1.807) is 63.2 Å². The van der Waals surface area contributed by atoms with Gasteiger partial charge in [-0.15, -0.1) is 0 Å². The highest BCUT2D eigenvalue weighted by Crippen LogP contribution is 2.56. The molecule has 1 fully saturated rings. The van der Waals surface area contributed by atoms with Gasteiger partial charge in [0.25, 0.3) is 5.91 Å². The van der Waals surface area contributed by atoms with Gasteiger partial charge in [0, 0.05) is 18.0 Å². The normalized spacial score (nSPS) is 20.3. The number of carboxylic acid groups (broad SMARTS) is 2. The summed E-state index contributed by atoms with van der Waals surface area (Å²) in [5.74, 6) is -4.52. The molecule has 0 bridgehead atoms. The molecule has 3 amide bonds. The lowest BCUT2D eigenvalue weighted by atomic mass is 9.65. The van der Waals surface area contributed by atoms with E-state index in [0.717, 1.165) is 0 Å². The maximum atomic E-state index is 13.2. The molecule has 12 heteroatoms. The van der Waals surface area contributed by atoms with Gasteiger partial charge in [-0.1, -0.05) is 62.2 Å². The number of halogens is 2. The molecule has 214 valence electrons. The van der Waals surface area contributed by atoms with Crippen molar-refractivity contribution in [2.45, 2.75) is 46.1 Å². The Labute approximate surface area is 241 Å². The lowest BCUT2D eigenvalue weighted by Gasteiger charge is -2.40. The third-order valence-electron chi connectivity index (χ3n) is 7.90. The summed E-state index contributed by atoms with van der Waals surface area (Å²) in [5, 5.41) is 26.8. The van der Waals surface area contributed by atoms with Crippen LogP contribution in [-0.4, -0.2) is 52.5 Å². The van der Waals surface area contributed by atoms with Crippen LogP contribution in [0.3, 0.4) is 0 Å². The minimum atomic E-state index is -1.24. The van der Waals surface area contributed by atoms with Gasteiger partial charge in [-0.25, -0.2) is 4.79 Å². The molecule has 5 N–H and O–H groups in total. The summed E-state index contributed by atoms with van der Waals surface area (Å²) in [6.45, 7) is 4.66. The average molecular weight is 592 g/mol. The first-order valence-electron chi connectivity index (χ1n) is 12.5. The van der Waals surface area contributed by atoms with E-state index in [2.05, 4.69) is 16.0 Å². The van der Waals surface area contributed by atoms with Crippen molar-refractivity contribution in [3.8, 4) is 0 Å². The fourth-order valence-corrected chi connectivity index (χ4v) is 5.63. The van der Waals surface area contributed by atoms with Crippen molar-refractivity contribution >= 4 is 58.5 Å². The quantitative estimate of drug-likeness (QED) is 0.279. The first kappa shape index (κ1) is 30.9. The number of rotatable bonds is 10. The second-order valence-electron chi connectivity index (χ2n) is 10.6. The Kier molecular flexibility index (Phi) is 9.48. The van der Waals surface area contributed by atoms with Gasteiger partial charge in [0.1, 0.15) is 12.6 Å². The van der Waals surface area contributed by atoms with Crippen molar-refractivity contribution in [1.82, 2.24) is 10.6 Å². The number of carboxylic acids is 2. The fourth-order valence-electron chi connectivity index (χ4n) is 5.06. The van der Waals surface area contributed by atoms with E-state index in [-0.39, 0.29) is 22.0 Å². The van der Waals surface area contributed by atoms with E-state index in [4.69, 9.17) is 28.3 Å². The third kappa shape index (κ3) is 6.56. The van der Waals surface area contributed by atoms with Crippen LogP contribution >= 0.6 is 23.2 Å². The minimum Gasteiger partial charge on any atom is -0.480 e. The van der Waals surface area contributed by atoms with Gasteiger partial charge >= 0.3 is 11.9 Å². The molecule has 40 heavy (non-hydrogen) atoms. The molecule has 0 heterocycles. The summed E-state index contributed by atoms with van der Waals surface area (Å²) >= 11 is 12.2. The van der Waals surface area contributed by atoms with Gasteiger partial charge < -0.3 is 26.2 Å². The van der Waals surface area contributed by atoms with Crippen LogP contribution in [0.2, 0.25) is 10.0 Å². The molecule has 0 spiro atoms. The van der Waals surface area contributed by atoms with E-state index in [0.29, 0.717) is 24.1 Å². The molecule has 2 aromatic carbocycles. The lowest BCUT2D eigenvalue weighted by molar-refractivity contribution is -0.145. The van der Waals surface area contributed by atoms with Crippen LogP contribution in [0, 0.1) is 16.7 Å². The third-order valence-corrected chi connectivity index (χ3v) is 8.53. The second kappa shape index (κ2) is 12.3. The van der Waals surface area contributed by atoms with Crippen molar-refractivity contribution < 1.29 is 34.2 Å². The highest BCUT2D eigenvalue weighted by Gasteiger charge is 2.58. The largest absolute Gasteiger partial charge is 0.480 e. The Balaban J connectivity index is 1.66. The predicted molar refractivity (Wildman–Crippen MR) is 149 cm³/mol. The molecule has 1 aliphatic rings. The van der Waals surface area contributed by atoms with Crippen LogP contribution in [0.5, 0.6) is 0 Å². The number of amides is 3. The molecule has 0 aromatic heterocycles. The van der Waals surface area contributed by atoms with Crippen molar-refractivity contribution in [2.75, 3.05) is 11.9 Å². The zero-order valence-electron chi connectivity index (χ0n) is 22.2. The fraction of sp³-hybridized carbons (Fsp3) is 0.393. The van der Waals surface area contributed by atoms with Gasteiger partial charge in [-0.05, 0) is 48.1 Å². The number of nitrogens with one attached hydrogen (secondary N) is 3. The van der Waals surface area contributed by atoms with E-state index >= 15 is 0 Å². The van der Waals surface area contributed by atoms with Gasteiger partial charge in [0.15, 0.2) is 0 Å². The summed E-state index contributed by atoms with van der Waals surface area (Å²) in [6, 6.07) is 9.95. The predicted octanol–water partition coefficient (Wildman–Crippen LogP) is 4.00. The number of carbonyl (C=O) groups excluding carboxylic acids is 3. The number of anilines is 1. The smallest absolute Gasteiger partial charge is 0.326 e. The number of hydrogen-bond donors (Lipinski definition) is 5. The Morgan fingerprint density at radius 2 is 1.57 bits per heavy atom. The van der Waals surface area contributed by atoms with Crippen LogP contribution < -0.4 is 16.0 Å². The summed E-state index contributed by atoms with van der Waals surface area (Å²) in [6.07, 6.45) is 0.662. The van der Waals surface area contributed by atoms with Gasteiger partial charge in [0.2, 0.25) is 11.8 Å². The molecular formula is C28H31Cl2N3O7. The van der Waals surface area contributed by atoms with E-state index in [9.17, 15) is 29.1 Å². The zero-order chi connectivity index (χ0) is 29.8. The highest BCUT2D eigenvalue weighted by atomic mass is 35.5. The summed E-state index contributed by atoms with van der Waals surface area (Å²) < 4.78 is 0. The Morgan fingerprint density at radius 1 is 0.975 bits per heavy atom.